The Hall–Kier alpha value is -2.11. The molecule has 0 radical (unpaired) electrons. The molecule has 0 saturated heterocycles. The van der Waals surface area contributed by atoms with E-state index in [9.17, 15) is 14.4 Å². The predicted molar refractivity (Wildman–Crippen MR) is 293 cm³/mol. The fourth-order valence-corrected chi connectivity index (χ4v) is 9.12. The maximum atomic E-state index is 12.9. The highest BCUT2D eigenvalue weighted by Crippen LogP contribution is 2.17. The number of hydrogen-bond acceptors (Lipinski definition) is 6. The van der Waals surface area contributed by atoms with Crippen LogP contribution in [0.15, 0.2) is 24.3 Å². The molecule has 400 valence electrons. The third-order valence-corrected chi connectivity index (χ3v) is 13.7. The van der Waals surface area contributed by atoms with E-state index in [0.717, 1.165) is 64.2 Å². The van der Waals surface area contributed by atoms with Crippen LogP contribution in [-0.2, 0) is 28.6 Å². The zero-order chi connectivity index (χ0) is 49.3. The molecule has 0 N–H and O–H groups in total. The molecule has 0 aliphatic heterocycles. The average Bonchev–Trinajstić information content (AvgIpc) is 3.34. The van der Waals surface area contributed by atoms with Crippen molar-refractivity contribution in [1.82, 2.24) is 0 Å². The standard InChI is InChI=1S/C62H116O6/c1-4-7-10-13-16-19-22-24-26-28-29-30-31-32-33-35-36-38-40-43-46-49-52-55-61(64)67-58-59(57-66-60(63)54-51-48-45-42-21-18-15-12-9-6-3)68-62(65)56-53-50-47-44-41-39-37-34-27-25-23-20-17-14-11-8-5-2/h22,24,28-29,59H,4-21,23,25-27,30-58H2,1-3H3/b24-22-,29-28-. The maximum Gasteiger partial charge on any atom is 0.306 e. The normalized spacial score (nSPS) is 12.1. The second-order valence-corrected chi connectivity index (χ2v) is 20.6. The number of ether oxygens (including phenoxy) is 3. The van der Waals surface area contributed by atoms with Gasteiger partial charge in [0.05, 0.1) is 0 Å². The number of hydrogen-bond donors (Lipinski definition) is 0. The van der Waals surface area contributed by atoms with Crippen LogP contribution in [0.2, 0.25) is 0 Å². The van der Waals surface area contributed by atoms with Crippen molar-refractivity contribution in [2.75, 3.05) is 13.2 Å². The minimum Gasteiger partial charge on any atom is -0.462 e. The fraction of sp³-hybridized carbons (Fsp3) is 0.887. The molecular formula is C62H116O6. The van der Waals surface area contributed by atoms with E-state index in [1.54, 1.807) is 0 Å². The number of unbranched alkanes of at least 4 members (excludes halogenated alkanes) is 41. The Morgan fingerprint density at radius 1 is 0.294 bits per heavy atom. The van der Waals surface area contributed by atoms with Gasteiger partial charge in [0.15, 0.2) is 6.10 Å². The topological polar surface area (TPSA) is 78.9 Å². The van der Waals surface area contributed by atoms with Crippen LogP contribution in [0.3, 0.4) is 0 Å². The Morgan fingerprint density at radius 3 is 0.809 bits per heavy atom. The summed E-state index contributed by atoms with van der Waals surface area (Å²) in [6, 6.07) is 0. The van der Waals surface area contributed by atoms with Crippen LogP contribution in [0.4, 0.5) is 0 Å². The van der Waals surface area contributed by atoms with Crippen LogP contribution in [0.25, 0.3) is 0 Å². The monoisotopic (exact) mass is 957 g/mol. The van der Waals surface area contributed by atoms with Crippen molar-refractivity contribution >= 4 is 17.9 Å². The summed E-state index contributed by atoms with van der Waals surface area (Å²) >= 11 is 0. The van der Waals surface area contributed by atoms with Crippen molar-refractivity contribution in [3.63, 3.8) is 0 Å². The minimum atomic E-state index is -0.766. The SMILES string of the molecule is CCCCCCC/C=C\C/C=C\CCCCCCCCCCCCCC(=O)OCC(COC(=O)CCCCCCCCCCCC)OC(=O)CCCCCCCCCCCCCCCCCCC. The van der Waals surface area contributed by atoms with Crippen molar-refractivity contribution in [3.8, 4) is 0 Å². The molecule has 0 aromatic heterocycles. The molecular weight excluding hydrogens is 841 g/mol. The molecule has 6 heteroatoms. The van der Waals surface area contributed by atoms with Crippen LogP contribution >= 0.6 is 0 Å². The molecule has 0 aliphatic rings. The third-order valence-electron chi connectivity index (χ3n) is 13.7. The molecule has 68 heavy (non-hydrogen) atoms. The van der Waals surface area contributed by atoms with Gasteiger partial charge < -0.3 is 14.2 Å². The maximum absolute atomic E-state index is 12.9. The van der Waals surface area contributed by atoms with E-state index in [-0.39, 0.29) is 31.1 Å². The quantitative estimate of drug-likeness (QED) is 0.0262. The molecule has 0 saturated carbocycles. The Morgan fingerprint density at radius 2 is 0.529 bits per heavy atom. The lowest BCUT2D eigenvalue weighted by molar-refractivity contribution is -0.167. The van der Waals surface area contributed by atoms with Crippen molar-refractivity contribution in [3.05, 3.63) is 24.3 Å². The molecule has 0 fully saturated rings. The van der Waals surface area contributed by atoms with Gasteiger partial charge in [-0.2, -0.15) is 0 Å². The molecule has 0 aromatic rings. The summed E-state index contributed by atoms with van der Waals surface area (Å²) in [5.74, 6) is -0.847. The summed E-state index contributed by atoms with van der Waals surface area (Å²) < 4.78 is 16.9. The molecule has 0 amide bonds. The van der Waals surface area contributed by atoms with Gasteiger partial charge >= 0.3 is 17.9 Å². The number of rotatable bonds is 56. The molecule has 0 aliphatic carbocycles. The fourth-order valence-electron chi connectivity index (χ4n) is 9.12. The first-order valence-electron chi connectivity index (χ1n) is 30.3. The smallest absolute Gasteiger partial charge is 0.306 e. The zero-order valence-corrected chi connectivity index (χ0v) is 45.9. The molecule has 0 bridgehead atoms. The van der Waals surface area contributed by atoms with Gasteiger partial charge in [-0.25, -0.2) is 0 Å². The first kappa shape index (κ1) is 65.9. The number of esters is 3. The van der Waals surface area contributed by atoms with Gasteiger partial charge in [0.1, 0.15) is 13.2 Å². The second kappa shape index (κ2) is 57.5. The van der Waals surface area contributed by atoms with E-state index < -0.39 is 6.10 Å². The predicted octanol–water partition coefficient (Wildman–Crippen LogP) is 20.3. The largest absolute Gasteiger partial charge is 0.462 e. The van der Waals surface area contributed by atoms with E-state index in [1.807, 2.05) is 0 Å². The van der Waals surface area contributed by atoms with E-state index in [4.69, 9.17) is 14.2 Å². The molecule has 1 unspecified atom stereocenters. The number of carbonyl (C=O) groups is 3. The van der Waals surface area contributed by atoms with Gasteiger partial charge in [-0.15, -0.1) is 0 Å². The molecule has 0 rings (SSSR count). The van der Waals surface area contributed by atoms with Gasteiger partial charge in [0.25, 0.3) is 0 Å². The van der Waals surface area contributed by atoms with Crippen molar-refractivity contribution in [2.45, 2.75) is 341 Å². The second-order valence-electron chi connectivity index (χ2n) is 20.6. The first-order valence-corrected chi connectivity index (χ1v) is 30.3. The van der Waals surface area contributed by atoms with Crippen molar-refractivity contribution < 1.29 is 28.6 Å². The Kier molecular flexibility index (Phi) is 55.7. The zero-order valence-electron chi connectivity index (χ0n) is 45.9. The van der Waals surface area contributed by atoms with Crippen molar-refractivity contribution in [2.24, 2.45) is 0 Å². The average molecular weight is 958 g/mol. The highest BCUT2D eigenvalue weighted by atomic mass is 16.6. The Balaban J connectivity index is 4.21. The Labute approximate surface area is 423 Å². The van der Waals surface area contributed by atoms with E-state index in [0.29, 0.717) is 19.3 Å². The van der Waals surface area contributed by atoms with Gasteiger partial charge in [-0.1, -0.05) is 289 Å². The summed E-state index contributed by atoms with van der Waals surface area (Å²) in [4.78, 5) is 38.1. The lowest BCUT2D eigenvalue weighted by Gasteiger charge is -2.18. The molecule has 0 spiro atoms. The van der Waals surface area contributed by atoms with Crippen LogP contribution in [0.1, 0.15) is 335 Å². The molecule has 6 nitrogen and oxygen atoms in total. The summed E-state index contributed by atoms with van der Waals surface area (Å²) in [5, 5.41) is 0. The lowest BCUT2D eigenvalue weighted by Crippen LogP contribution is -2.30. The van der Waals surface area contributed by atoms with Gasteiger partial charge in [0, 0.05) is 19.3 Å². The van der Waals surface area contributed by atoms with Crippen molar-refractivity contribution in [1.29, 1.82) is 0 Å². The lowest BCUT2D eigenvalue weighted by atomic mass is 10.0. The van der Waals surface area contributed by atoms with Crippen LogP contribution in [0.5, 0.6) is 0 Å². The van der Waals surface area contributed by atoms with Crippen LogP contribution in [0, 0.1) is 0 Å². The van der Waals surface area contributed by atoms with Gasteiger partial charge in [-0.3, -0.25) is 14.4 Å². The van der Waals surface area contributed by atoms with E-state index in [1.165, 1.54) is 231 Å². The van der Waals surface area contributed by atoms with Gasteiger partial charge in [-0.05, 0) is 51.4 Å². The summed E-state index contributed by atoms with van der Waals surface area (Å²) in [6.45, 7) is 6.67. The minimum absolute atomic E-state index is 0.0660. The highest BCUT2D eigenvalue weighted by molar-refractivity contribution is 5.71. The van der Waals surface area contributed by atoms with Gasteiger partial charge in [0.2, 0.25) is 0 Å². The summed E-state index contributed by atoms with van der Waals surface area (Å²) in [7, 11) is 0. The highest BCUT2D eigenvalue weighted by Gasteiger charge is 2.19. The van der Waals surface area contributed by atoms with E-state index >= 15 is 0 Å². The summed E-state index contributed by atoms with van der Waals surface area (Å²) in [5.41, 5.74) is 0. The molecule has 1 atom stereocenters. The number of carbonyl (C=O) groups excluding carboxylic acids is 3. The van der Waals surface area contributed by atoms with Crippen LogP contribution in [-0.4, -0.2) is 37.2 Å². The third kappa shape index (κ3) is 54.8. The van der Waals surface area contributed by atoms with Crippen LogP contribution < -0.4 is 0 Å². The number of allylic oxidation sites excluding steroid dienone is 4. The summed E-state index contributed by atoms with van der Waals surface area (Å²) in [6.07, 6.45) is 67.5. The molecule has 0 aromatic carbocycles. The first-order chi connectivity index (χ1) is 33.5. The Bertz CT molecular complexity index is 1100. The molecule has 0 heterocycles. The van der Waals surface area contributed by atoms with E-state index in [2.05, 4.69) is 45.1 Å².